The van der Waals surface area contributed by atoms with Crippen molar-refractivity contribution in [3.8, 4) is 5.75 Å². The van der Waals surface area contributed by atoms with Gasteiger partial charge in [-0.25, -0.2) is 4.39 Å². The molecule has 0 fully saturated rings. The average molecular weight is 374 g/mol. The molecule has 0 aliphatic heterocycles. The van der Waals surface area contributed by atoms with Gasteiger partial charge in [0.25, 0.3) is 5.91 Å². The number of ether oxygens (including phenoxy) is 1. The van der Waals surface area contributed by atoms with E-state index >= 15 is 0 Å². The van der Waals surface area contributed by atoms with Crippen molar-refractivity contribution in [3.63, 3.8) is 0 Å². The summed E-state index contributed by atoms with van der Waals surface area (Å²) in [5.41, 5.74) is 5.90. The number of carbonyl (C=O) groups excluding carboxylic acids is 1. The van der Waals surface area contributed by atoms with Crippen LogP contribution in [-0.4, -0.2) is 12.5 Å². The number of anilines is 2. The number of nitrogen functional groups attached to an aromatic ring is 1. The summed E-state index contributed by atoms with van der Waals surface area (Å²) >= 11 is 9.07. The van der Waals surface area contributed by atoms with Gasteiger partial charge in [0.05, 0.1) is 10.2 Å². The van der Waals surface area contributed by atoms with E-state index in [-0.39, 0.29) is 12.3 Å². The summed E-state index contributed by atoms with van der Waals surface area (Å²) in [6, 6.07) is 8.84. The summed E-state index contributed by atoms with van der Waals surface area (Å²) in [5.74, 6) is -0.603. The number of carbonyl (C=O) groups is 1. The maximum atomic E-state index is 13.5. The minimum atomic E-state index is -0.565. The zero-order valence-electron chi connectivity index (χ0n) is 10.7. The quantitative estimate of drug-likeness (QED) is 0.800. The van der Waals surface area contributed by atoms with Gasteiger partial charge < -0.3 is 15.8 Å². The van der Waals surface area contributed by atoms with Gasteiger partial charge in [0.15, 0.2) is 6.61 Å². The molecule has 4 nitrogen and oxygen atoms in total. The van der Waals surface area contributed by atoms with Gasteiger partial charge in [-0.1, -0.05) is 11.6 Å². The molecule has 0 bridgehead atoms. The van der Waals surface area contributed by atoms with E-state index in [1.807, 2.05) is 0 Å². The van der Waals surface area contributed by atoms with Crippen LogP contribution < -0.4 is 15.8 Å². The van der Waals surface area contributed by atoms with Crippen LogP contribution in [0, 0.1) is 5.82 Å². The molecule has 0 spiro atoms. The second kappa shape index (κ2) is 6.78. The Kier molecular flexibility index (Phi) is 5.03. The van der Waals surface area contributed by atoms with Crippen molar-refractivity contribution in [2.45, 2.75) is 0 Å². The van der Waals surface area contributed by atoms with Crippen LogP contribution in [-0.2, 0) is 4.79 Å². The molecule has 0 heterocycles. The minimum absolute atomic E-state index is 0.0128. The lowest BCUT2D eigenvalue weighted by molar-refractivity contribution is -0.118. The van der Waals surface area contributed by atoms with Crippen LogP contribution >= 0.6 is 27.5 Å². The van der Waals surface area contributed by atoms with Crippen LogP contribution in [0.5, 0.6) is 5.75 Å². The number of nitrogens with one attached hydrogen (secondary N) is 1. The van der Waals surface area contributed by atoms with Crippen LogP contribution in [0.1, 0.15) is 0 Å². The second-order valence-corrected chi connectivity index (χ2v) is 5.44. The van der Waals surface area contributed by atoms with Gasteiger partial charge in [0.1, 0.15) is 11.6 Å². The molecule has 1 amide bonds. The molecule has 0 saturated heterocycles. The van der Waals surface area contributed by atoms with E-state index in [1.165, 1.54) is 18.2 Å². The van der Waals surface area contributed by atoms with Crippen LogP contribution in [0.2, 0.25) is 5.02 Å². The highest BCUT2D eigenvalue weighted by atomic mass is 79.9. The van der Waals surface area contributed by atoms with E-state index < -0.39 is 11.7 Å². The Morgan fingerprint density at radius 1 is 1.33 bits per heavy atom. The van der Waals surface area contributed by atoms with Crippen LogP contribution in [0.25, 0.3) is 0 Å². The summed E-state index contributed by atoms with van der Waals surface area (Å²) in [7, 11) is 0. The van der Waals surface area contributed by atoms with Gasteiger partial charge in [0.2, 0.25) is 0 Å². The van der Waals surface area contributed by atoms with Crippen molar-refractivity contribution in [3.05, 3.63) is 51.7 Å². The van der Waals surface area contributed by atoms with Crippen molar-refractivity contribution >= 4 is 44.8 Å². The highest BCUT2D eigenvalue weighted by Crippen LogP contribution is 2.28. The number of hydrogen-bond donors (Lipinski definition) is 2. The SMILES string of the molecule is Nc1ccc(F)c(NC(=O)COc2ccc(Cl)cc2Br)c1. The highest BCUT2D eigenvalue weighted by Gasteiger charge is 2.09. The molecule has 3 N–H and O–H groups in total. The average Bonchev–Trinajstić information content (AvgIpc) is 2.42. The van der Waals surface area contributed by atoms with E-state index in [4.69, 9.17) is 22.1 Å². The van der Waals surface area contributed by atoms with Gasteiger partial charge in [-0.05, 0) is 52.3 Å². The highest BCUT2D eigenvalue weighted by molar-refractivity contribution is 9.10. The Labute approximate surface area is 134 Å². The largest absolute Gasteiger partial charge is 0.483 e. The van der Waals surface area contributed by atoms with Gasteiger partial charge in [-0.3, -0.25) is 4.79 Å². The number of nitrogens with two attached hydrogens (primary N) is 1. The standard InChI is InChI=1S/C14H11BrClFN2O2/c15-10-5-8(16)1-4-13(10)21-7-14(20)19-12-6-9(18)2-3-11(12)17/h1-6H,7,18H2,(H,19,20). The topological polar surface area (TPSA) is 64.3 Å². The summed E-state index contributed by atoms with van der Waals surface area (Å²) < 4.78 is 19.4. The summed E-state index contributed by atoms with van der Waals surface area (Å²) in [5, 5.41) is 2.93. The van der Waals surface area contributed by atoms with E-state index in [0.29, 0.717) is 20.9 Å². The molecule has 110 valence electrons. The summed E-state index contributed by atoms with van der Waals surface area (Å²) in [4.78, 5) is 11.7. The lowest BCUT2D eigenvalue weighted by Gasteiger charge is -2.10. The van der Waals surface area contributed by atoms with E-state index in [1.54, 1.807) is 18.2 Å². The van der Waals surface area contributed by atoms with Crippen LogP contribution in [0.4, 0.5) is 15.8 Å². The zero-order chi connectivity index (χ0) is 15.4. The molecule has 2 rings (SSSR count). The van der Waals surface area contributed by atoms with Crippen molar-refractivity contribution in [1.29, 1.82) is 0 Å². The van der Waals surface area contributed by atoms with Gasteiger partial charge in [-0.2, -0.15) is 0 Å². The molecule has 0 saturated carbocycles. The van der Waals surface area contributed by atoms with Crippen molar-refractivity contribution < 1.29 is 13.9 Å². The lowest BCUT2D eigenvalue weighted by atomic mass is 10.2. The first-order valence-electron chi connectivity index (χ1n) is 5.88. The van der Waals surface area contributed by atoms with E-state index in [9.17, 15) is 9.18 Å². The van der Waals surface area contributed by atoms with Crippen molar-refractivity contribution in [1.82, 2.24) is 0 Å². The number of halogens is 3. The molecule has 0 aliphatic carbocycles. The molecule has 21 heavy (non-hydrogen) atoms. The zero-order valence-corrected chi connectivity index (χ0v) is 13.0. The molecule has 7 heteroatoms. The first-order valence-corrected chi connectivity index (χ1v) is 7.05. The Hall–Kier alpha value is -1.79. The fourth-order valence-electron chi connectivity index (χ4n) is 1.56. The molecule has 0 aromatic heterocycles. The Bertz CT molecular complexity index is 682. The Morgan fingerprint density at radius 3 is 2.81 bits per heavy atom. The monoisotopic (exact) mass is 372 g/mol. The predicted molar refractivity (Wildman–Crippen MR) is 84.1 cm³/mol. The fraction of sp³-hybridized carbons (Fsp3) is 0.0714. The lowest BCUT2D eigenvalue weighted by Crippen LogP contribution is -2.21. The smallest absolute Gasteiger partial charge is 0.262 e. The number of hydrogen-bond acceptors (Lipinski definition) is 3. The summed E-state index contributed by atoms with van der Waals surface area (Å²) in [6.45, 7) is -0.269. The second-order valence-electron chi connectivity index (χ2n) is 4.15. The Balaban J connectivity index is 1.97. The third-order valence-electron chi connectivity index (χ3n) is 2.52. The minimum Gasteiger partial charge on any atom is -0.483 e. The molecule has 0 radical (unpaired) electrons. The number of benzene rings is 2. The molecule has 0 aliphatic rings. The normalized spacial score (nSPS) is 10.2. The Morgan fingerprint density at radius 2 is 2.10 bits per heavy atom. The third-order valence-corrected chi connectivity index (χ3v) is 3.37. The third kappa shape index (κ3) is 4.34. The predicted octanol–water partition coefficient (Wildman–Crippen LogP) is 3.84. The van der Waals surface area contributed by atoms with Crippen LogP contribution in [0.15, 0.2) is 40.9 Å². The maximum absolute atomic E-state index is 13.5. The van der Waals surface area contributed by atoms with Gasteiger partial charge in [0, 0.05) is 10.7 Å². The van der Waals surface area contributed by atoms with Gasteiger partial charge >= 0.3 is 0 Å². The van der Waals surface area contributed by atoms with E-state index in [2.05, 4.69) is 21.2 Å². The molecule has 2 aromatic rings. The number of amides is 1. The van der Waals surface area contributed by atoms with Gasteiger partial charge in [-0.15, -0.1) is 0 Å². The molecular formula is C14H11BrClFN2O2. The maximum Gasteiger partial charge on any atom is 0.262 e. The summed E-state index contributed by atoms with van der Waals surface area (Å²) in [6.07, 6.45) is 0. The molecule has 2 aromatic carbocycles. The first-order chi connectivity index (χ1) is 9.95. The van der Waals surface area contributed by atoms with Crippen molar-refractivity contribution in [2.24, 2.45) is 0 Å². The van der Waals surface area contributed by atoms with Crippen molar-refractivity contribution in [2.75, 3.05) is 17.7 Å². The van der Waals surface area contributed by atoms with E-state index in [0.717, 1.165) is 0 Å². The first kappa shape index (κ1) is 15.6. The van der Waals surface area contributed by atoms with Crippen LogP contribution in [0.3, 0.4) is 0 Å². The molecular weight excluding hydrogens is 363 g/mol. The molecule has 0 atom stereocenters. The molecule has 0 unspecified atom stereocenters. The fourth-order valence-corrected chi connectivity index (χ4v) is 2.36. The number of rotatable bonds is 4.